The number of ether oxygens (including phenoxy) is 2. The predicted molar refractivity (Wildman–Crippen MR) is 216 cm³/mol. The molecule has 0 aliphatic rings. The average molecular weight is 759 g/mol. The Morgan fingerprint density at radius 3 is 1.19 bits per heavy atom. The Bertz CT molecular complexity index is 845. The molecule has 308 valence electrons. The van der Waals surface area contributed by atoms with E-state index in [-0.39, 0.29) is 19.4 Å². The summed E-state index contributed by atoms with van der Waals surface area (Å²) in [6, 6.07) is 0. The van der Waals surface area contributed by atoms with Gasteiger partial charge in [-0.3, -0.25) is 14.1 Å². The number of phosphoric acid groups is 1. The summed E-state index contributed by atoms with van der Waals surface area (Å²) in [7, 11) is -4.75. The van der Waals surface area contributed by atoms with E-state index < -0.39 is 32.5 Å². The van der Waals surface area contributed by atoms with Crippen LogP contribution < -0.4 is 0 Å². The Kier molecular flexibility index (Phi) is 38.6. The van der Waals surface area contributed by atoms with E-state index in [0.717, 1.165) is 44.9 Å². The maximum absolute atomic E-state index is 12.4. The summed E-state index contributed by atoms with van der Waals surface area (Å²) in [6.07, 6.45) is 42.6. The van der Waals surface area contributed by atoms with Gasteiger partial charge in [0.15, 0.2) is 6.10 Å². The van der Waals surface area contributed by atoms with E-state index in [4.69, 9.17) is 19.3 Å². The number of hydrogen-bond donors (Lipinski definition) is 2. The second-order valence-electron chi connectivity index (χ2n) is 15.1. The van der Waals surface area contributed by atoms with E-state index in [9.17, 15) is 14.2 Å². The van der Waals surface area contributed by atoms with Crippen molar-refractivity contribution in [2.24, 2.45) is 0 Å². The molecule has 1 atom stereocenters. The molecule has 8 nitrogen and oxygen atoms in total. The number of unbranched alkanes of at least 4 members (excludes halogenated alkanes) is 31. The number of rotatable bonds is 42. The zero-order valence-corrected chi connectivity index (χ0v) is 34.7. The molecule has 0 aromatic carbocycles. The molecule has 0 saturated heterocycles. The van der Waals surface area contributed by atoms with Crippen LogP contribution in [0.15, 0.2) is 12.7 Å². The van der Waals surface area contributed by atoms with Gasteiger partial charge in [-0.1, -0.05) is 199 Å². The Morgan fingerprint density at radius 2 is 0.846 bits per heavy atom. The third-order valence-electron chi connectivity index (χ3n) is 9.93. The van der Waals surface area contributed by atoms with Crippen molar-refractivity contribution in [1.29, 1.82) is 0 Å². The molecule has 0 amide bonds. The number of esters is 2. The molecule has 0 spiro atoms. The minimum atomic E-state index is -4.75. The first-order chi connectivity index (χ1) is 25.3. The molecule has 0 radical (unpaired) electrons. The van der Waals surface area contributed by atoms with Crippen LogP contribution in [0.25, 0.3) is 0 Å². The number of hydrogen-bond acceptors (Lipinski definition) is 6. The zero-order chi connectivity index (χ0) is 38.2. The van der Waals surface area contributed by atoms with E-state index in [1.165, 1.54) is 161 Å². The van der Waals surface area contributed by atoms with Crippen LogP contribution in [-0.2, 0) is 28.2 Å². The number of allylic oxidation sites excluding steroid dienone is 1. The highest BCUT2D eigenvalue weighted by Gasteiger charge is 2.23. The van der Waals surface area contributed by atoms with Crippen molar-refractivity contribution in [3.05, 3.63) is 12.7 Å². The molecular weight excluding hydrogens is 675 g/mol. The van der Waals surface area contributed by atoms with Crippen LogP contribution in [0.5, 0.6) is 0 Å². The fourth-order valence-electron chi connectivity index (χ4n) is 6.65. The summed E-state index contributed by atoms with van der Waals surface area (Å²) in [4.78, 5) is 42.9. The lowest BCUT2D eigenvalue weighted by Crippen LogP contribution is -2.29. The predicted octanol–water partition coefficient (Wildman–Crippen LogP) is 13.4. The van der Waals surface area contributed by atoms with Crippen molar-refractivity contribution in [1.82, 2.24) is 0 Å². The van der Waals surface area contributed by atoms with E-state index in [0.29, 0.717) is 6.42 Å². The Labute approximate surface area is 320 Å². The van der Waals surface area contributed by atoms with Gasteiger partial charge < -0.3 is 19.3 Å². The Balaban J connectivity index is 3.82. The van der Waals surface area contributed by atoms with Crippen molar-refractivity contribution in [3.8, 4) is 0 Å². The Morgan fingerprint density at radius 1 is 0.519 bits per heavy atom. The van der Waals surface area contributed by atoms with Crippen LogP contribution in [0, 0.1) is 0 Å². The first-order valence-electron chi connectivity index (χ1n) is 21.9. The quantitative estimate of drug-likeness (QED) is 0.0273. The first-order valence-corrected chi connectivity index (χ1v) is 23.5. The topological polar surface area (TPSA) is 119 Å². The molecule has 0 heterocycles. The van der Waals surface area contributed by atoms with Gasteiger partial charge in [-0.15, -0.1) is 6.58 Å². The summed E-state index contributed by atoms with van der Waals surface area (Å²) in [5.41, 5.74) is 0. The minimum absolute atomic E-state index is 0.215. The van der Waals surface area contributed by atoms with Gasteiger partial charge >= 0.3 is 19.8 Å². The summed E-state index contributed by atoms with van der Waals surface area (Å²) >= 11 is 0. The van der Waals surface area contributed by atoms with Crippen LogP contribution >= 0.6 is 7.82 Å². The summed E-state index contributed by atoms with van der Waals surface area (Å²) in [6.45, 7) is 5.23. The summed E-state index contributed by atoms with van der Waals surface area (Å²) < 4.78 is 26.4. The largest absolute Gasteiger partial charge is 0.469 e. The fourth-order valence-corrected chi connectivity index (χ4v) is 7.01. The monoisotopic (exact) mass is 759 g/mol. The maximum atomic E-state index is 12.4. The molecule has 0 rings (SSSR count). The van der Waals surface area contributed by atoms with Gasteiger partial charge in [-0.2, -0.15) is 0 Å². The number of carbonyl (C=O) groups is 2. The molecule has 0 aliphatic heterocycles. The molecule has 0 aliphatic carbocycles. The fraction of sp³-hybridized carbons (Fsp3) is 0.907. The second-order valence-corrected chi connectivity index (χ2v) is 16.4. The normalized spacial score (nSPS) is 12.2. The smallest absolute Gasteiger partial charge is 0.462 e. The van der Waals surface area contributed by atoms with E-state index in [1.807, 2.05) is 6.08 Å². The zero-order valence-electron chi connectivity index (χ0n) is 33.8. The molecule has 0 bridgehead atoms. The van der Waals surface area contributed by atoms with Crippen molar-refractivity contribution >= 4 is 19.8 Å². The highest BCUT2D eigenvalue weighted by molar-refractivity contribution is 7.46. The van der Waals surface area contributed by atoms with Crippen LogP contribution in [0.1, 0.15) is 232 Å². The molecule has 52 heavy (non-hydrogen) atoms. The van der Waals surface area contributed by atoms with Crippen LogP contribution in [0.4, 0.5) is 0 Å². The van der Waals surface area contributed by atoms with Gasteiger partial charge in [0.1, 0.15) is 6.61 Å². The lowest BCUT2D eigenvalue weighted by molar-refractivity contribution is -0.161. The lowest BCUT2D eigenvalue weighted by atomic mass is 10.0. The van der Waals surface area contributed by atoms with Gasteiger partial charge in [0, 0.05) is 12.8 Å². The first kappa shape index (κ1) is 50.8. The van der Waals surface area contributed by atoms with Crippen molar-refractivity contribution in [3.63, 3.8) is 0 Å². The van der Waals surface area contributed by atoms with Gasteiger partial charge in [0.2, 0.25) is 0 Å². The van der Waals surface area contributed by atoms with Gasteiger partial charge in [0.25, 0.3) is 0 Å². The highest BCUT2D eigenvalue weighted by atomic mass is 31.2. The van der Waals surface area contributed by atoms with E-state index >= 15 is 0 Å². The molecule has 9 heteroatoms. The summed E-state index contributed by atoms with van der Waals surface area (Å²) in [5, 5.41) is 0. The second kappa shape index (κ2) is 39.5. The summed E-state index contributed by atoms with van der Waals surface area (Å²) in [5.74, 6) is -0.873. The third-order valence-corrected chi connectivity index (χ3v) is 10.4. The van der Waals surface area contributed by atoms with Crippen LogP contribution in [0.2, 0.25) is 0 Å². The highest BCUT2D eigenvalue weighted by Crippen LogP contribution is 2.36. The lowest BCUT2D eigenvalue weighted by Gasteiger charge is -2.18. The van der Waals surface area contributed by atoms with E-state index in [2.05, 4.69) is 18.0 Å². The average Bonchev–Trinajstić information content (AvgIpc) is 3.11. The molecule has 0 saturated carbocycles. The van der Waals surface area contributed by atoms with Crippen LogP contribution in [-0.4, -0.2) is 41.0 Å². The standard InChI is InChI=1S/C43H83O8P/c1-3-5-7-9-11-13-15-17-19-20-21-22-24-25-27-29-31-33-35-37-42(44)49-39-41(40-50-52(46,47)48)51-43(45)38-36-34-32-30-28-26-23-18-16-14-12-10-8-6-4-2/h4,41H,2-3,5-40H2,1H3,(H2,46,47,48)/t41-/m1/s1. The number of carbonyl (C=O) groups excluding carboxylic acids is 2. The molecule has 2 N–H and O–H groups in total. The van der Waals surface area contributed by atoms with Gasteiger partial charge in [-0.05, 0) is 25.7 Å². The molecule has 0 fully saturated rings. The third kappa shape index (κ3) is 41.5. The van der Waals surface area contributed by atoms with E-state index in [1.54, 1.807) is 0 Å². The van der Waals surface area contributed by atoms with Crippen LogP contribution in [0.3, 0.4) is 0 Å². The van der Waals surface area contributed by atoms with Gasteiger partial charge in [-0.25, -0.2) is 4.57 Å². The maximum Gasteiger partial charge on any atom is 0.469 e. The molecule has 0 aromatic rings. The number of phosphoric ester groups is 1. The molecule has 0 unspecified atom stereocenters. The molecule has 0 aromatic heterocycles. The van der Waals surface area contributed by atoms with Crippen molar-refractivity contribution < 1.29 is 37.9 Å². The van der Waals surface area contributed by atoms with Gasteiger partial charge in [0.05, 0.1) is 6.61 Å². The van der Waals surface area contributed by atoms with Crippen molar-refractivity contribution in [2.45, 2.75) is 238 Å². The minimum Gasteiger partial charge on any atom is -0.462 e. The molecular formula is C43H83O8P. The SMILES string of the molecule is C=CCCCCCCCCCCCCCCCC(=O)O[C@H](COC(=O)CCCCCCCCCCCCCCCCCCCCC)COP(=O)(O)O. The van der Waals surface area contributed by atoms with Crippen molar-refractivity contribution in [2.75, 3.05) is 13.2 Å². The Hall–Kier alpha value is -1.21.